The van der Waals surface area contributed by atoms with Crippen molar-refractivity contribution in [1.29, 1.82) is 0 Å². The molecule has 144 valence electrons. The van der Waals surface area contributed by atoms with E-state index in [0.29, 0.717) is 0 Å². The molecular weight excluding hydrogens is 347 g/mol. The first-order chi connectivity index (χ1) is 12.6. The maximum Gasteiger partial charge on any atom is 0.295 e. The Morgan fingerprint density at radius 1 is 1.22 bits per heavy atom. The predicted octanol–water partition coefficient (Wildman–Crippen LogP) is 3.84. The van der Waals surface area contributed by atoms with Gasteiger partial charge in [0.15, 0.2) is 5.65 Å². The van der Waals surface area contributed by atoms with E-state index in [1.165, 1.54) is 5.56 Å². The van der Waals surface area contributed by atoms with Crippen LogP contribution >= 0.6 is 0 Å². The highest BCUT2D eigenvalue weighted by Gasteiger charge is 2.26. The van der Waals surface area contributed by atoms with Crippen molar-refractivity contribution in [3.05, 3.63) is 51.4 Å². The van der Waals surface area contributed by atoms with E-state index in [-0.39, 0.29) is 34.1 Å². The lowest BCUT2D eigenvalue weighted by Crippen LogP contribution is -2.20. The van der Waals surface area contributed by atoms with Gasteiger partial charge in [-0.25, -0.2) is 9.07 Å². The van der Waals surface area contributed by atoms with Gasteiger partial charge in [-0.15, -0.1) is 0 Å². The van der Waals surface area contributed by atoms with Gasteiger partial charge >= 0.3 is 0 Å². The minimum atomic E-state index is -0.882. The molecule has 0 amide bonds. The summed E-state index contributed by atoms with van der Waals surface area (Å²) >= 11 is 0. The molecule has 2 N–H and O–H groups in total. The van der Waals surface area contributed by atoms with Crippen molar-refractivity contribution in [3.8, 4) is 6.01 Å². The Labute approximate surface area is 157 Å². The number of alkyl halides is 1. The molecule has 7 heteroatoms. The largest absolute Gasteiger partial charge is 0.480 e. The SMILES string of the molecule is CC(C)C(c1ccc(C(C)(C)C)cc1)n1nc(CF)c2c(=O)[nH]c(O)nc21. The van der Waals surface area contributed by atoms with E-state index in [1.807, 2.05) is 26.0 Å². The Morgan fingerprint density at radius 2 is 1.85 bits per heavy atom. The number of halogens is 1. The molecule has 1 aromatic carbocycles. The molecule has 3 rings (SSSR count). The van der Waals surface area contributed by atoms with Gasteiger partial charge in [-0.05, 0) is 22.5 Å². The third-order valence-corrected chi connectivity index (χ3v) is 4.76. The molecule has 0 radical (unpaired) electrons. The van der Waals surface area contributed by atoms with Crippen LogP contribution in [0.4, 0.5) is 4.39 Å². The summed E-state index contributed by atoms with van der Waals surface area (Å²) in [4.78, 5) is 18.4. The van der Waals surface area contributed by atoms with Gasteiger partial charge in [0.05, 0.1) is 6.04 Å². The number of H-pyrrole nitrogens is 1. The molecule has 0 saturated heterocycles. The maximum absolute atomic E-state index is 13.5. The fraction of sp³-hybridized carbons (Fsp3) is 0.450. The van der Waals surface area contributed by atoms with Crippen molar-refractivity contribution in [1.82, 2.24) is 19.7 Å². The van der Waals surface area contributed by atoms with Gasteiger partial charge in [0.1, 0.15) is 17.8 Å². The summed E-state index contributed by atoms with van der Waals surface area (Å²) in [5.41, 5.74) is 1.83. The number of aromatic hydroxyl groups is 1. The molecule has 2 aromatic heterocycles. The summed E-state index contributed by atoms with van der Waals surface area (Å²) in [7, 11) is 0. The van der Waals surface area contributed by atoms with Gasteiger partial charge < -0.3 is 5.11 Å². The molecule has 0 fully saturated rings. The number of aromatic nitrogens is 4. The van der Waals surface area contributed by atoms with Crippen molar-refractivity contribution < 1.29 is 9.50 Å². The maximum atomic E-state index is 13.5. The number of hydrogen-bond donors (Lipinski definition) is 2. The fourth-order valence-electron chi connectivity index (χ4n) is 3.38. The Bertz CT molecular complexity index is 1010. The number of fused-ring (bicyclic) bond motifs is 1. The highest BCUT2D eigenvalue weighted by Crippen LogP contribution is 2.31. The normalized spacial score (nSPS) is 13.4. The Hall–Kier alpha value is -2.70. The zero-order valence-electron chi connectivity index (χ0n) is 16.2. The van der Waals surface area contributed by atoms with E-state index in [1.54, 1.807) is 4.68 Å². The number of nitrogens with one attached hydrogen (secondary N) is 1. The van der Waals surface area contributed by atoms with Crippen LogP contribution < -0.4 is 5.56 Å². The summed E-state index contributed by atoms with van der Waals surface area (Å²) in [6.07, 6.45) is 0. The van der Waals surface area contributed by atoms with Gasteiger partial charge in [-0.3, -0.25) is 9.78 Å². The average molecular weight is 372 g/mol. The molecule has 2 heterocycles. The standard InChI is InChI=1S/C20H25FN4O2/c1-11(2)16(12-6-8-13(9-7-12)20(3,4)5)25-17-15(14(10-21)24-25)18(26)23-19(27)22-17/h6-9,11,16H,10H2,1-5H3,(H2,22,23,26,27). The quantitative estimate of drug-likeness (QED) is 0.729. The van der Waals surface area contributed by atoms with E-state index in [0.717, 1.165) is 5.56 Å². The van der Waals surface area contributed by atoms with Crippen molar-refractivity contribution in [2.45, 2.75) is 52.8 Å². The monoisotopic (exact) mass is 372 g/mol. The molecular formula is C20H25FN4O2. The second-order valence-corrected chi connectivity index (χ2v) is 8.17. The van der Waals surface area contributed by atoms with Gasteiger partial charge in [0.2, 0.25) is 0 Å². The molecule has 0 bridgehead atoms. The Kier molecular flexibility index (Phi) is 4.80. The smallest absolute Gasteiger partial charge is 0.295 e. The van der Waals surface area contributed by atoms with E-state index in [2.05, 4.69) is 48.0 Å². The average Bonchev–Trinajstić information content (AvgIpc) is 2.93. The van der Waals surface area contributed by atoms with Crippen molar-refractivity contribution in [3.63, 3.8) is 0 Å². The van der Waals surface area contributed by atoms with Crippen LogP contribution in [0.25, 0.3) is 11.0 Å². The summed E-state index contributed by atoms with van der Waals surface area (Å²) in [6.45, 7) is 9.61. The first-order valence-electron chi connectivity index (χ1n) is 9.00. The van der Waals surface area contributed by atoms with E-state index in [9.17, 15) is 14.3 Å². The second kappa shape index (κ2) is 6.79. The summed E-state index contributed by atoms with van der Waals surface area (Å²) < 4.78 is 15.0. The van der Waals surface area contributed by atoms with Crippen LogP contribution in [0.5, 0.6) is 6.01 Å². The third kappa shape index (κ3) is 3.46. The molecule has 0 aliphatic carbocycles. The topological polar surface area (TPSA) is 83.8 Å². The first-order valence-corrected chi connectivity index (χ1v) is 9.00. The lowest BCUT2D eigenvalue weighted by molar-refractivity contribution is 0.395. The second-order valence-electron chi connectivity index (χ2n) is 8.17. The minimum Gasteiger partial charge on any atom is -0.480 e. The number of aromatic amines is 1. The van der Waals surface area contributed by atoms with Crippen LogP contribution in [-0.2, 0) is 12.1 Å². The van der Waals surface area contributed by atoms with Gasteiger partial charge in [-0.2, -0.15) is 10.1 Å². The lowest BCUT2D eigenvalue weighted by Gasteiger charge is -2.24. The molecule has 1 unspecified atom stereocenters. The van der Waals surface area contributed by atoms with E-state index >= 15 is 0 Å². The van der Waals surface area contributed by atoms with Crippen LogP contribution in [-0.4, -0.2) is 24.9 Å². The van der Waals surface area contributed by atoms with Crippen molar-refractivity contribution >= 4 is 11.0 Å². The molecule has 3 aromatic rings. The van der Waals surface area contributed by atoms with Crippen LogP contribution in [0.3, 0.4) is 0 Å². The van der Waals surface area contributed by atoms with Gasteiger partial charge in [0, 0.05) is 0 Å². The molecule has 0 aliphatic rings. The molecule has 0 saturated carbocycles. The van der Waals surface area contributed by atoms with Crippen LogP contribution in [0.2, 0.25) is 0 Å². The molecule has 27 heavy (non-hydrogen) atoms. The predicted molar refractivity (Wildman–Crippen MR) is 103 cm³/mol. The highest BCUT2D eigenvalue weighted by molar-refractivity contribution is 5.77. The summed E-state index contributed by atoms with van der Waals surface area (Å²) in [6, 6.07) is 7.44. The lowest BCUT2D eigenvalue weighted by atomic mass is 9.85. The molecule has 0 aliphatic heterocycles. The van der Waals surface area contributed by atoms with Crippen LogP contribution in [0.15, 0.2) is 29.1 Å². The van der Waals surface area contributed by atoms with E-state index in [4.69, 9.17) is 0 Å². The van der Waals surface area contributed by atoms with Crippen LogP contribution in [0, 0.1) is 5.92 Å². The minimum absolute atomic E-state index is 0.0238. The number of benzene rings is 1. The first kappa shape index (κ1) is 19.1. The van der Waals surface area contributed by atoms with Gasteiger partial charge in [-0.1, -0.05) is 58.9 Å². The Balaban J connectivity index is 2.21. The van der Waals surface area contributed by atoms with Crippen LogP contribution in [0.1, 0.15) is 57.5 Å². The zero-order valence-corrected chi connectivity index (χ0v) is 16.2. The zero-order chi connectivity index (χ0) is 19.9. The van der Waals surface area contributed by atoms with E-state index < -0.39 is 18.2 Å². The van der Waals surface area contributed by atoms with Gasteiger partial charge in [0.25, 0.3) is 11.6 Å². The number of hydrogen-bond acceptors (Lipinski definition) is 4. The van der Waals surface area contributed by atoms with Crippen molar-refractivity contribution in [2.24, 2.45) is 5.92 Å². The molecule has 0 spiro atoms. The third-order valence-electron chi connectivity index (χ3n) is 4.76. The van der Waals surface area contributed by atoms with Crippen molar-refractivity contribution in [2.75, 3.05) is 0 Å². The summed E-state index contributed by atoms with van der Waals surface area (Å²) in [5, 5.41) is 14.1. The fourth-order valence-corrected chi connectivity index (χ4v) is 3.38. The number of rotatable bonds is 4. The summed E-state index contributed by atoms with van der Waals surface area (Å²) in [5.74, 6) is 0.101. The highest BCUT2D eigenvalue weighted by atomic mass is 19.1. The Morgan fingerprint density at radius 3 is 2.37 bits per heavy atom. The molecule has 6 nitrogen and oxygen atoms in total. The number of nitrogens with zero attached hydrogens (tertiary/aromatic N) is 3. The molecule has 1 atom stereocenters.